The number of rotatable bonds is 5. The summed E-state index contributed by atoms with van der Waals surface area (Å²) in [6.07, 6.45) is 0.340. The summed E-state index contributed by atoms with van der Waals surface area (Å²) in [5.41, 5.74) is 4.85. The first-order valence-corrected chi connectivity index (χ1v) is 8.69. The Kier molecular flexibility index (Phi) is 5.49. The van der Waals surface area contributed by atoms with Gasteiger partial charge in [-0.1, -0.05) is 0 Å². The molecule has 2 N–H and O–H groups in total. The number of nitrogens with zero attached hydrogens (tertiary/aromatic N) is 1. The monoisotopic (exact) mass is 383 g/mol. The molecule has 0 bridgehead atoms. The molecular weight excluding hydrogens is 362 g/mol. The van der Waals surface area contributed by atoms with Gasteiger partial charge in [-0.3, -0.25) is 19.8 Å². The van der Waals surface area contributed by atoms with E-state index in [4.69, 9.17) is 9.47 Å². The average molecular weight is 383 g/mol. The summed E-state index contributed by atoms with van der Waals surface area (Å²) >= 11 is 0. The second kappa shape index (κ2) is 7.99. The third kappa shape index (κ3) is 3.90. The van der Waals surface area contributed by atoms with Gasteiger partial charge in [0.05, 0.1) is 19.9 Å². The van der Waals surface area contributed by atoms with Crippen molar-refractivity contribution in [2.45, 2.75) is 19.8 Å². The highest BCUT2D eigenvalue weighted by atomic mass is 16.5. The molecule has 8 heteroatoms. The van der Waals surface area contributed by atoms with Crippen LogP contribution in [0.15, 0.2) is 36.4 Å². The highest BCUT2D eigenvalue weighted by Gasteiger charge is 2.24. The molecule has 0 unspecified atom stereocenters. The summed E-state index contributed by atoms with van der Waals surface area (Å²) in [5.74, 6) is 0.368. The lowest BCUT2D eigenvalue weighted by atomic mass is 10.1. The number of nitrogens with one attached hydrogen (secondary N) is 2. The van der Waals surface area contributed by atoms with Crippen LogP contribution in [0.4, 0.5) is 11.4 Å². The molecule has 0 aromatic heterocycles. The fourth-order valence-corrected chi connectivity index (χ4v) is 2.86. The van der Waals surface area contributed by atoms with Crippen molar-refractivity contribution in [2.24, 2.45) is 0 Å². The number of anilines is 2. The predicted octanol–water partition coefficient (Wildman–Crippen LogP) is 2.42. The fraction of sp³-hybridized carbons (Fsp3) is 0.250. The van der Waals surface area contributed by atoms with Crippen LogP contribution in [0.3, 0.4) is 0 Å². The lowest BCUT2D eigenvalue weighted by Gasteiger charge is -2.27. The predicted molar refractivity (Wildman–Crippen MR) is 104 cm³/mol. The fourth-order valence-electron chi connectivity index (χ4n) is 2.86. The standard InChI is InChI=1S/C20H21N3O5/c1-12-10-16(27-2)17(28-3)11-15(12)21-20(26)13-4-6-14(7-5-13)23-19(25)9-8-18(24)22-23/h4-7,10-11H,8-9H2,1-3H3,(H,21,26)(H,22,24). The van der Waals surface area contributed by atoms with Gasteiger partial charge in [0.2, 0.25) is 11.8 Å². The van der Waals surface area contributed by atoms with E-state index < -0.39 is 0 Å². The molecule has 3 rings (SSSR count). The third-order valence-electron chi connectivity index (χ3n) is 4.42. The van der Waals surface area contributed by atoms with Crippen molar-refractivity contribution in [2.75, 3.05) is 24.5 Å². The molecule has 146 valence electrons. The van der Waals surface area contributed by atoms with Crippen LogP contribution in [0.1, 0.15) is 28.8 Å². The molecule has 8 nitrogen and oxygen atoms in total. The Morgan fingerprint density at radius 3 is 2.32 bits per heavy atom. The Bertz CT molecular complexity index is 924. The van der Waals surface area contributed by atoms with Gasteiger partial charge in [0, 0.05) is 30.2 Å². The van der Waals surface area contributed by atoms with Crippen LogP contribution in [-0.2, 0) is 9.59 Å². The van der Waals surface area contributed by atoms with Crippen LogP contribution in [0.2, 0.25) is 0 Å². The zero-order valence-corrected chi connectivity index (χ0v) is 15.9. The first kappa shape index (κ1) is 19.2. The van der Waals surface area contributed by atoms with E-state index in [1.807, 2.05) is 6.92 Å². The lowest BCUT2D eigenvalue weighted by molar-refractivity contribution is -0.130. The summed E-state index contributed by atoms with van der Waals surface area (Å²) in [7, 11) is 3.07. The van der Waals surface area contributed by atoms with E-state index in [0.29, 0.717) is 28.4 Å². The van der Waals surface area contributed by atoms with Gasteiger partial charge in [-0.25, -0.2) is 5.01 Å². The number of carbonyl (C=O) groups excluding carboxylic acids is 3. The second-order valence-corrected chi connectivity index (χ2v) is 6.29. The molecule has 2 aromatic carbocycles. The van der Waals surface area contributed by atoms with E-state index >= 15 is 0 Å². The molecule has 1 fully saturated rings. The van der Waals surface area contributed by atoms with Crippen molar-refractivity contribution >= 4 is 29.1 Å². The van der Waals surface area contributed by atoms with Gasteiger partial charge in [-0.05, 0) is 42.8 Å². The van der Waals surface area contributed by atoms with Crippen molar-refractivity contribution in [3.63, 3.8) is 0 Å². The molecule has 2 aromatic rings. The first-order chi connectivity index (χ1) is 13.4. The molecule has 1 aliphatic rings. The smallest absolute Gasteiger partial charge is 0.255 e. The number of carbonyl (C=O) groups is 3. The minimum Gasteiger partial charge on any atom is -0.493 e. The molecule has 0 saturated carbocycles. The first-order valence-electron chi connectivity index (χ1n) is 8.69. The van der Waals surface area contributed by atoms with Crippen LogP contribution < -0.4 is 25.2 Å². The van der Waals surface area contributed by atoms with Crippen LogP contribution in [0.5, 0.6) is 11.5 Å². The van der Waals surface area contributed by atoms with Crippen molar-refractivity contribution in [1.29, 1.82) is 0 Å². The number of hydrogen-bond donors (Lipinski definition) is 2. The van der Waals surface area contributed by atoms with Gasteiger partial charge in [-0.2, -0.15) is 0 Å². The summed E-state index contributed by atoms with van der Waals surface area (Å²) in [6, 6.07) is 9.88. The minimum atomic E-state index is -0.309. The van der Waals surface area contributed by atoms with E-state index in [1.165, 1.54) is 12.1 Å². The van der Waals surface area contributed by atoms with E-state index in [9.17, 15) is 14.4 Å². The van der Waals surface area contributed by atoms with Crippen molar-refractivity contribution in [3.05, 3.63) is 47.5 Å². The van der Waals surface area contributed by atoms with Crippen LogP contribution in [0.25, 0.3) is 0 Å². The van der Waals surface area contributed by atoms with E-state index in [2.05, 4.69) is 10.7 Å². The highest BCUT2D eigenvalue weighted by molar-refractivity contribution is 6.06. The van der Waals surface area contributed by atoms with Gasteiger partial charge < -0.3 is 14.8 Å². The van der Waals surface area contributed by atoms with Crippen LogP contribution in [0, 0.1) is 6.92 Å². The minimum absolute atomic E-state index is 0.159. The maximum atomic E-state index is 12.6. The number of aryl methyl sites for hydroxylation is 1. The molecule has 28 heavy (non-hydrogen) atoms. The third-order valence-corrected chi connectivity index (χ3v) is 4.42. The quantitative estimate of drug-likeness (QED) is 0.827. The summed E-state index contributed by atoms with van der Waals surface area (Å²) < 4.78 is 10.5. The number of amides is 3. The van der Waals surface area contributed by atoms with E-state index in [1.54, 1.807) is 43.5 Å². The lowest BCUT2D eigenvalue weighted by Crippen LogP contribution is -2.50. The molecule has 1 aliphatic heterocycles. The Morgan fingerprint density at radius 2 is 1.68 bits per heavy atom. The zero-order valence-electron chi connectivity index (χ0n) is 15.9. The van der Waals surface area contributed by atoms with Crippen LogP contribution in [-0.4, -0.2) is 31.9 Å². The second-order valence-electron chi connectivity index (χ2n) is 6.29. The van der Waals surface area contributed by atoms with Crippen molar-refractivity contribution in [1.82, 2.24) is 5.43 Å². The number of ether oxygens (including phenoxy) is 2. The largest absolute Gasteiger partial charge is 0.493 e. The maximum absolute atomic E-state index is 12.6. The van der Waals surface area contributed by atoms with Gasteiger partial charge >= 0.3 is 0 Å². The molecule has 0 atom stereocenters. The molecular formula is C20H21N3O5. The number of benzene rings is 2. The van der Waals surface area contributed by atoms with Crippen molar-refractivity contribution < 1.29 is 23.9 Å². The summed E-state index contributed by atoms with van der Waals surface area (Å²) in [6.45, 7) is 1.85. The van der Waals surface area contributed by atoms with Crippen LogP contribution >= 0.6 is 0 Å². The summed E-state index contributed by atoms with van der Waals surface area (Å²) in [4.78, 5) is 36.1. The van der Waals surface area contributed by atoms with E-state index in [-0.39, 0.29) is 30.6 Å². The Morgan fingerprint density at radius 1 is 1.04 bits per heavy atom. The van der Waals surface area contributed by atoms with E-state index in [0.717, 1.165) is 5.56 Å². The van der Waals surface area contributed by atoms with Crippen molar-refractivity contribution in [3.8, 4) is 11.5 Å². The molecule has 1 saturated heterocycles. The maximum Gasteiger partial charge on any atom is 0.255 e. The molecule has 0 spiro atoms. The van der Waals surface area contributed by atoms with Gasteiger partial charge in [0.1, 0.15) is 0 Å². The molecule has 0 radical (unpaired) electrons. The zero-order chi connectivity index (χ0) is 20.3. The van der Waals surface area contributed by atoms with Gasteiger partial charge in [0.15, 0.2) is 11.5 Å². The molecule has 0 aliphatic carbocycles. The Balaban J connectivity index is 1.77. The number of hydrazine groups is 1. The Labute approximate surface area is 162 Å². The summed E-state index contributed by atoms with van der Waals surface area (Å²) in [5, 5.41) is 4.04. The molecule has 3 amide bonds. The highest BCUT2D eigenvalue weighted by Crippen LogP contribution is 2.33. The number of methoxy groups -OCH3 is 2. The van der Waals surface area contributed by atoms with Gasteiger partial charge in [-0.15, -0.1) is 0 Å². The van der Waals surface area contributed by atoms with Gasteiger partial charge in [0.25, 0.3) is 5.91 Å². The molecule has 1 heterocycles. The topological polar surface area (TPSA) is 97.0 Å². The SMILES string of the molecule is COc1cc(C)c(NC(=O)c2ccc(N3NC(=O)CCC3=O)cc2)cc1OC. The normalized spacial score (nSPS) is 13.8. The Hall–Kier alpha value is -3.55. The number of hydrogen-bond acceptors (Lipinski definition) is 5. The average Bonchev–Trinajstić information content (AvgIpc) is 2.71.